The number of hydrogen-bond donors (Lipinski definition) is 1. The molecule has 0 bridgehead atoms. The van der Waals surface area contributed by atoms with Crippen molar-refractivity contribution in [2.45, 2.75) is 58.1 Å². The Kier molecular flexibility index (Phi) is 5.87. The molecule has 106 valence electrons. The van der Waals surface area contributed by atoms with Crippen molar-refractivity contribution in [3.63, 3.8) is 0 Å². The van der Waals surface area contributed by atoms with E-state index in [0.717, 1.165) is 26.0 Å². The van der Waals surface area contributed by atoms with Crippen molar-refractivity contribution >= 4 is 0 Å². The van der Waals surface area contributed by atoms with E-state index in [-0.39, 0.29) is 0 Å². The number of nitrogens with one attached hydrogen (secondary N) is 1. The molecular weight excluding hydrogens is 234 g/mol. The third-order valence-corrected chi connectivity index (χ3v) is 3.98. The van der Waals surface area contributed by atoms with Crippen molar-refractivity contribution in [1.82, 2.24) is 5.32 Å². The minimum atomic E-state index is 0.339. The highest BCUT2D eigenvalue weighted by Gasteiger charge is 2.20. The van der Waals surface area contributed by atoms with E-state index >= 15 is 0 Å². The number of benzene rings is 1. The van der Waals surface area contributed by atoms with Crippen LogP contribution in [0.1, 0.15) is 56.7 Å². The van der Waals surface area contributed by atoms with Crippen LogP contribution in [0.2, 0.25) is 0 Å². The second kappa shape index (κ2) is 7.66. The summed E-state index contributed by atoms with van der Waals surface area (Å²) >= 11 is 0. The third kappa shape index (κ3) is 4.32. The fourth-order valence-electron chi connectivity index (χ4n) is 2.35. The van der Waals surface area contributed by atoms with E-state index in [4.69, 9.17) is 4.74 Å². The van der Waals surface area contributed by atoms with Gasteiger partial charge in [-0.2, -0.15) is 0 Å². The Hall–Kier alpha value is -0.860. The molecular formula is C17H27NO. The lowest BCUT2D eigenvalue weighted by Crippen LogP contribution is -2.30. The van der Waals surface area contributed by atoms with Gasteiger partial charge < -0.3 is 10.1 Å². The topological polar surface area (TPSA) is 21.3 Å². The van der Waals surface area contributed by atoms with E-state index in [1.54, 1.807) is 0 Å². The van der Waals surface area contributed by atoms with E-state index in [1.165, 1.54) is 30.4 Å². The van der Waals surface area contributed by atoms with Crippen molar-refractivity contribution < 1.29 is 4.74 Å². The van der Waals surface area contributed by atoms with Gasteiger partial charge in [0.25, 0.3) is 0 Å². The van der Waals surface area contributed by atoms with Crippen molar-refractivity contribution in [3.8, 4) is 0 Å². The van der Waals surface area contributed by atoms with Crippen molar-refractivity contribution in [2.75, 3.05) is 13.2 Å². The Bertz CT molecular complexity index is 356. The summed E-state index contributed by atoms with van der Waals surface area (Å²) in [5.74, 6) is 0. The lowest BCUT2D eigenvalue weighted by atomic mass is 9.96. The molecule has 0 spiro atoms. The molecule has 2 rings (SSSR count). The van der Waals surface area contributed by atoms with Crippen LogP contribution < -0.4 is 5.32 Å². The summed E-state index contributed by atoms with van der Waals surface area (Å²) in [5, 5.41) is 3.60. The molecule has 1 unspecified atom stereocenters. The zero-order valence-corrected chi connectivity index (χ0v) is 12.3. The average Bonchev–Trinajstić information content (AvgIpc) is 2.41. The van der Waals surface area contributed by atoms with Crippen LogP contribution in [-0.2, 0) is 11.2 Å². The Labute approximate surface area is 117 Å². The third-order valence-electron chi connectivity index (χ3n) is 3.98. The average molecular weight is 261 g/mol. The normalized spacial score (nSPS) is 17.2. The lowest BCUT2D eigenvalue weighted by Gasteiger charge is -2.28. The summed E-state index contributed by atoms with van der Waals surface area (Å²) in [5.41, 5.74) is 2.75. The van der Waals surface area contributed by atoms with Crippen LogP contribution in [0.15, 0.2) is 24.3 Å². The summed E-state index contributed by atoms with van der Waals surface area (Å²) in [4.78, 5) is 0. The summed E-state index contributed by atoms with van der Waals surface area (Å²) in [6.45, 7) is 6.25. The lowest BCUT2D eigenvalue weighted by molar-refractivity contribution is -0.00876. The summed E-state index contributed by atoms with van der Waals surface area (Å²) < 4.78 is 5.99. The molecule has 0 amide bonds. The van der Waals surface area contributed by atoms with Gasteiger partial charge in [0.1, 0.15) is 0 Å². The zero-order valence-electron chi connectivity index (χ0n) is 12.3. The van der Waals surface area contributed by atoms with Gasteiger partial charge in [-0.1, -0.05) is 38.1 Å². The number of rotatable bonds is 8. The van der Waals surface area contributed by atoms with Gasteiger partial charge in [-0.15, -0.1) is 0 Å². The van der Waals surface area contributed by atoms with Crippen molar-refractivity contribution in [2.24, 2.45) is 0 Å². The van der Waals surface area contributed by atoms with Gasteiger partial charge in [-0.25, -0.2) is 0 Å². The maximum atomic E-state index is 5.99. The van der Waals surface area contributed by atoms with Gasteiger partial charge in [0, 0.05) is 0 Å². The fourth-order valence-corrected chi connectivity index (χ4v) is 2.35. The van der Waals surface area contributed by atoms with E-state index in [0.29, 0.717) is 12.1 Å². The summed E-state index contributed by atoms with van der Waals surface area (Å²) in [7, 11) is 0. The van der Waals surface area contributed by atoms with Crippen LogP contribution in [0, 0.1) is 0 Å². The highest BCUT2D eigenvalue weighted by Crippen LogP contribution is 2.24. The molecule has 2 heteroatoms. The van der Waals surface area contributed by atoms with Crippen LogP contribution in [0.25, 0.3) is 0 Å². The fraction of sp³-hybridized carbons (Fsp3) is 0.647. The quantitative estimate of drug-likeness (QED) is 0.767. The Balaban J connectivity index is 1.93. The molecule has 0 aromatic heterocycles. The molecule has 0 radical (unpaired) electrons. The van der Waals surface area contributed by atoms with E-state index < -0.39 is 0 Å². The standard InChI is InChI=1S/C17H27NO/c1-3-12-18-17(13-19-16-6-5-7-16)15-10-8-14(4-2)9-11-15/h8-11,16-18H,3-7,12-13H2,1-2H3. The van der Waals surface area contributed by atoms with Gasteiger partial charge in [-0.3, -0.25) is 0 Å². The maximum absolute atomic E-state index is 5.99. The molecule has 1 aliphatic rings. The maximum Gasteiger partial charge on any atom is 0.0665 e. The first-order valence-electron chi connectivity index (χ1n) is 7.77. The molecule has 0 saturated heterocycles. The molecule has 1 aliphatic carbocycles. The van der Waals surface area contributed by atoms with Gasteiger partial charge in [-0.05, 0) is 49.8 Å². The monoisotopic (exact) mass is 261 g/mol. The highest BCUT2D eigenvalue weighted by molar-refractivity contribution is 5.25. The minimum Gasteiger partial charge on any atom is -0.376 e. The minimum absolute atomic E-state index is 0.339. The van der Waals surface area contributed by atoms with E-state index in [1.807, 2.05) is 0 Å². The highest BCUT2D eigenvalue weighted by atomic mass is 16.5. The molecule has 1 fully saturated rings. The molecule has 0 aliphatic heterocycles. The second-order valence-electron chi connectivity index (χ2n) is 5.49. The Morgan fingerprint density at radius 2 is 1.95 bits per heavy atom. The van der Waals surface area contributed by atoms with Crippen molar-refractivity contribution in [1.29, 1.82) is 0 Å². The first-order chi connectivity index (χ1) is 9.33. The molecule has 19 heavy (non-hydrogen) atoms. The smallest absolute Gasteiger partial charge is 0.0665 e. The van der Waals surface area contributed by atoms with Crippen molar-refractivity contribution in [3.05, 3.63) is 35.4 Å². The summed E-state index contributed by atoms with van der Waals surface area (Å²) in [6.07, 6.45) is 6.60. The molecule has 2 nitrogen and oxygen atoms in total. The molecule has 1 saturated carbocycles. The summed E-state index contributed by atoms with van der Waals surface area (Å²) in [6, 6.07) is 9.30. The van der Waals surface area contributed by atoms with E-state index in [9.17, 15) is 0 Å². The van der Waals surface area contributed by atoms with Crippen LogP contribution >= 0.6 is 0 Å². The first-order valence-corrected chi connectivity index (χ1v) is 7.77. The second-order valence-corrected chi connectivity index (χ2v) is 5.49. The molecule has 0 heterocycles. The molecule has 1 aromatic rings. The van der Waals surface area contributed by atoms with Gasteiger partial charge in [0.05, 0.1) is 18.8 Å². The van der Waals surface area contributed by atoms with Gasteiger partial charge >= 0.3 is 0 Å². The zero-order chi connectivity index (χ0) is 13.5. The number of hydrogen-bond acceptors (Lipinski definition) is 2. The Morgan fingerprint density at radius 3 is 2.47 bits per heavy atom. The van der Waals surface area contributed by atoms with Gasteiger partial charge in [0.15, 0.2) is 0 Å². The molecule has 1 aromatic carbocycles. The van der Waals surface area contributed by atoms with Crippen LogP contribution in [0.4, 0.5) is 0 Å². The number of aryl methyl sites for hydroxylation is 1. The SMILES string of the molecule is CCCNC(COC1CCC1)c1ccc(CC)cc1. The number of ether oxygens (including phenoxy) is 1. The first kappa shape index (κ1) is 14.5. The van der Waals surface area contributed by atoms with Crippen LogP contribution in [0.3, 0.4) is 0 Å². The molecule has 1 N–H and O–H groups in total. The van der Waals surface area contributed by atoms with E-state index in [2.05, 4.69) is 43.4 Å². The predicted octanol–water partition coefficient (Wildman–Crippen LogP) is 3.86. The Morgan fingerprint density at radius 1 is 1.21 bits per heavy atom. The van der Waals surface area contributed by atoms with Gasteiger partial charge in [0.2, 0.25) is 0 Å². The predicted molar refractivity (Wildman–Crippen MR) is 80.4 cm³/mol. The largest absolute Gasteiger partial charge is 0.376 e. The molecule has 1 atom stereocenters. The van der Waals surface area contributed by atoms with Crippen LogP contribution in [-0.4, -0.2) is 19.3 Å². The van der Waals surface area contributed by atoms with Crippen LogP contribution in [0.5, 0.6) is 0 Å².